The summed E-state index contributed by atoms with van der Waals surface area (Å²) in [5, 5.41) is 0. The number of pyridine rings is 1. The summed E-state index contributed by atoms with van der Waals surface area (Å²) < 4.78 is 13.3. The Morgan fingerprint density at radius 3 is 2.81 bits per heavy atom. The highest BCUT2D eigenvalue weighted by Gasteiger charge is 2.19. The standard InChI is InChI=1S/C13H16FNO/c14-12-9-15-7-6-11(12)13(16)8-10-4-2-1-3-5-10/h6-7,9-10H,1-5,8H2. The first-order valence-corrected chi connectivity index (χ1v) is 5.90. The molecular formula is C13H16FNO. The molecule has 16 heavy (non-hydrogen) atoms. The molecule has 0 N–H and O–H groups in total. The van der Waals surface area contributed by atoms with Gasteiger partial charge in [0.05, 0.1) is 11.8 Å². The van der Waals surface area contributed by atoms with E-state index in [9.17, 15) is 9.18 Å². The van der Waals surface area contributed by atoms with Crippen LogP contribution in [0, 0.1) is 11.7 Å². The zero-order valence-corrected chi connectivity index (χ0v) is 9.29. The third-order valence-electron chi connectivity index (χ3n) is 3.27. The van der Waals surface area contributed by atoms with Gasteiger partial charge in [0.1, 0.15) is 0 Å². The Balaban J connectivity index is 2.00. The summed E-state index contributed by atoms with van der Waals surface area (Å²) in [6.45, 7) is 0. The molecule has 1 aromatic heterocycles. The van der Waals surface area contributed by atoms with Crippen LogP contribution in [0.2, 0.25) is 0 Å². The maximum atomic E-state index is 13.3. The molecule has 1 fully saturated rings. The highest BCUT2D eigenvalue weighted by atomic mass is 19.1. The van der Waals surface area contributed by atoms with Crippen LogP contribution in [-0.2, 0) is 0 Å². The van der Waals surface area contributed by atoms with Gasteiger partial charge in [-0.25, -0.2) is 4.39 Å². The van der Waals surface area contributed by atoms with Gasteiger partial charge in [-0.05, 0) is 12.0 Å². The number of Topliss-reactive ketones (excluding diaryl/α,β-unsaturated/α-hetero) is 1. The molecule has 1 aliphatic rings. The van der Waals surface area contributed by atoms with E-state index in [0.717, 1.165) is 19.0 Å². The number of hydrogen-bond donors (Lipinski definition) is 0. The number of carbonyl (C=O) groups is 1. The van der Waals surface area contributed by atoms with E-state index in [1.165, 1.54) is 31.5 Å². The molecule has 0 aromatic carbocycles. The van der Waals surface area contributed by atoms with Crippen molar-refractivity contribution in [3.05, 3.63) is 29.8 Å². The van der Waals surface area contributed by atoms with Crippen molar-refractivity contribution >= 4 is 5.78 Å². The van der Waals surface area contributed by atoms with Gasteiger partial charge in [0, 0.05) is 12.6 Å². The lowest BCUT2D eigenvalue weighted by molar-refractivity contribution is 0.0946. The fraction of sp³-hybridized carbons (Fsp3) is 0.538. The van der Waals surface area contributed by atoms with Crippen LogP contribution in [0.25, 0.3) is 0 Å². The van der Waals surface area contributed by atoms with Gasteiger partial charge in [0.25, 0.3) is 0 Å². The lowest BCUT2D eigenvalue weighted by Gasteiger charge is -2.20. The summed E-state index contributed by atoms with van der Waals surface area (Å²) in [7, 11) is 0. The van der Waals surface area contributed by atoms with Gasteiger partial charge in [-0.3, -0.25) is 9.78 Å². The molecule has 0 amide bonds. The molecule has 2 nitrogen and oxygen atoms in total. The zero-order chi connectivity index (χ0) is 11.4. The number of nitrogens with zero attached hydrogens (tertiary/aromatic N) is 1. The summed E-state index contributed by atoms with van der Waals surface area (Å²) >= 11 is 0. The van der Waals surface area contributed by atoms with Crippen molar-refractivity contribution < 1.29 is 9.18 Å². The fourth-order valence-electron chi connectivity index (χ4n) is 2.36. The van der Waals surface area contributed by atoms with Gasteiger partial charge >= 0.3 is 0 Å². The lowest BCUT2D eigenvalue weighted by atomic mass is 9.85. The van der Waals surface area contributed by atoms with Crippen LogP contribution >= 0.6 is 0 Å². The number of halogens is 1. The van der Waals surface area contributed by atoms with Crippen molar-refractivity contribution in [2.75, 3.05) is 0 Å². The van der Waals surface area contributed by atoms with Crippen LogP contribution in [0.1, 0.15) is 48.9 Å². The molecule has 0 spiro atoms. The second kappa shape index (κ2) is 5.19. The van der Waals surface area contributed by atoms with Crippen molar-refractivity contribution in [3.8, 4) is 0 Å². The van der Waals surface area contributed by atoms with Crippen molar-refractivity contribution in [1.29, 1.82) is 0 Å². The monoisotopic (exact) mass is 221 g/mol. The summed E-state index contributed by atoms with van der Waals surface area (Å²) in [6.07, 6.45) is 8.96. The Morgan fingerprint density at radius 2 is 2.12 bits per heavy atom. The largest absolute Gasteiger partial charge is 0.294 e. The number of carbonyl (C=O) groups excluding carboxylic acids is 1. The SMILES string of the molecule is O=C(CC1CCCCC1)c1ccncc1F. The Bertz CT molecular complexity index is 372. The quantitative estimate of drug-likeness (QED) is 0.732. The Labute approximate surface area is 94.9 Å². The molecule has 1 aliphatic carbocycles. The van der Waals surface area contributed by atoms with Crippen molar-refractivity contribution in [2.45, 2.75) is 38.5 Å². The van der Waals surface area contributed by atoms with E-state index in [0.29, 0.717) is 12.3 Å². The van der Waals surface area contributed by atoms with Gasteiger partial charge in [-0.2, -0.15) is 0 Å². The Kier molecular flexibility index (Phi) is 3.65. The molecule has 1 heterocycles. The average Bonchev–Trinajstić information content (AvgIpc) is 2.31. The topological polar surface area (TPSA) is 30.0 Å². The molecule has 0 unspecified atom stereocenters. The number of hydrogen-bond acceptors (Lipinski definition) is 2. The fourth-order valence-corrected chi connectivity index (χ4v) is 2.36. The minimum atomic E-state index is -0.497. The van der Waals surface area contributed by atoms with Gasteiger partial charge < -0.3 is 0 Å². The van der Waals surface area contributed by atoms with Crippen LogP contribution in [0.15, 0.2) is 18.5 Å². The van der Waals surface area contributed by atoms with E-state index < -0.39 is 5.82 Å². The van der Waals surface area contributed by atoms with E-state index in [1.54, 1.807) is 0 Å². The van der Waals surface area contributed by atoms with E-state index in [2.05, 4.69) is 4.98 Å². The molecule has 0 atom stereocenters. The molecule has 0 bridgehead atoms. The smallest absolute Gasteiger partial charge is 0.166 e. The first-order valence-electron chi connectivity index (χ1n) is 5.90. The lowest BCUT2D eigenvalue weighted by Crippen LogP contribution is -2.13. The van der Waals surface area contributed by atoms with Gasteiger partial charge in [0.15, 0.2) is 11.6 Å². The summed E-state index contributed by atoms with van der Waals surface area (Å²) in [5.41, 5.74) is 0.195. The molecule has 0 aliphatic heterocycles. The summed E-state index contributed by atoms with van der Waals surface area (Å²) in [4.78, 5) is 15.5. The molecule has 1 saturated carbocycles. The first-order chi connectivity index (χ1) is 7.77. The molecule has 86 valence electrons. The number of rotatable bonds is 3. The Hall–Kier alpha value is -1.25. The minimum absolute atomic E-state index is 0.0770. The molecule has 3 heteroatoms. The predicted molar refractivity (Wildman–Crippen MR) is 59.7 cm³/mol. The van der Waals surface area contributed by atoms with Gasteiger partial charge in [-0.15, -0.1) is 0 Å². The van der Waals surface area contributed by atoms with Crippen molar-refractivity contribution in [2.24, 2.45) is 5.92 Å². The molecule has 0 saturated heterocycles. The second-order valence-electron chi connectivity index (χ2n) is 4.49. The maximum Gasteiger partial charge on any atom is 0.166 e. The average molecular weight is 221 g/mol. The Morgan fingerprint density at radius 1 is 1.38 bits per heavy atom. The second-order valence-corrected chi connectivity index (χ2v) is 4.49. The van der Waals surface area contributed by atoms with Crippen molar-refractivity contribution in [1.82, 2.24) is 4.98 Å². The van der Waals surface area contributed by atoms with Crippen LogP contribution in [0.3, 0.4) is 0 Å². The van der Waals surface area contributed by atoms with Crippen molar-refractivity contribution in [3.63, 3.8) is 0 Å². The van der Waals surface area contributed by atoms with E-state index in [1.807, 2.05) is 0 Å². The maximum absolute atomic E-state index is 13.3. The number of aromatic nitrogens is 1. The van der Waals surface area contributed by atoms with Gasteiger partial charge in [-0.1, -0.05) is 32.1 Å². The summed E-state index contributed by atoms with van der Waals surface area (Å²) in [6, 6.07) is 1.47. The highest BCUT2D eigenvalue weighted by Crippen LogP contribution is 2.27. The van der Waals surface area contributed by atoms with Crippen LogP contribution in [0.4, 0.5) is 4.39 Å². The molecule has 2 rings (SSSR count). The van der Waals surface area contributed by atoms with Crippen LogP contribution in [-0.4, -0.2) is 10.8 Å². The van der Waals surface area contributed by atoms with E-state index in [4.69, 9.17) is 0 Å². The van der Waals surface area contributed by atoms with Crippen LogP contribution < -0.4 is 0 Å². The minimum Gasteiger partial charge on any atom is -0.294 e. The number of ketones is 1. The first kappa shape index (κ1) is 11.2. The highest BCUT2D eigenvalue weighted by molar-refractivity contribution is 5.96. The third kappa shape index (κ3) is 2.65. The molecule has 0 radical (unpaired) electrons. The summed E-state index contributed by atoms with van der Waals surface area (Å²) in [5.74, 6) is -0.121. The van der Waals surface area contributed by atoms with Crippen LogP contribution in [0.5, 0.6) is 0 Å². The molecular weight excluding hydrogens is 205 g/mol. The third-order valence-corrected chi connectivity index (χ3v) is 3.27. The zero-order valence-electron chi connectivity index (χ0n) is 9.29. The van der Waals surface area contributed by atoms with E-state index in [-0.39, 0.29) is 11.3 Å². The normalized spacial score (nSPS) is 17.3. The predicted octanol–water partition coefficient (Wildman–Crippen LogP) is 3.37. The molecule has 1 aromatic rings. The van der Waals surface area contributed by atoms with E-state index >= 15 is 0 Å². The van der Waals surface area contributed by atoms with Gasteiger partial charge in [0.2, 0.25) is 0 Å².